The van der Waals surface area contributed by atoms with Crippen LogP contribution in [-0.2, 0) is 11.3 Å². The molecule has 218 valence electrons. The molecule has 0 radical (unpaired) electrons. The second-order valence-corrected chi connectivity index (χ2v) is 12.0. The molecule has 0 saturated carbocycles. The molecule has 3 aliphatic heterocycles. The van der Waals surface area contributed by atoms with E-state index in [1.54, 1.807) is 0 Å². The molecule has 0 unspecified atom stereocenters. The zero-order chi connectivity index (χ0) is 28.5. The number of amides is 2. The number of hydrogen-bond acceptors (Lipinski definition) is 7. The molecular formula is C32H41N5O4. The maximum atomic E-state index is 13.4. The van der Waals surface area contributed by atoms with Crippen molar-refractivity contribution < 1.29 is 18.4 Å². The lowest BCUT2D eigenvalue weighted by Crippen LogP contribution is -2.45. The molecule has 0 N–H and O–H groups in total. The monoisotopic (exact) mass is 559 g/mol. The van der Waals surface area contributed by atoms with Gasteiger partial charge < -0.3 is 18.6 Å². The number of likely N-dealkylation sites (tertiary alicyclic amines) is 3. The molecule has 9 nitrogen and oxygen atoms in total. The van der Waals surface area contributed by atoms with Gasteiger partial charge >= 0.3 is 0 Å². The van der Waals surface area contributed by atoms with Crippen LogP contribution in [0.1, 0.15) is 83.6 Å². The molecule has 0 atom stereocenters. The summed E-state index contributed by atoms with van der Waals surface area (Å²) < 4.78 is 12.0. The zero-order valence-electron chi connectivity index (χ0n) is 24.5. The van der Waals surface area contributed by atoms with E-state index in [-0.39, 0.29) is 23.7 Å². The van der Waals surface area contributed by atoms with Crippen LogP contribution >= 0.6 is 0 Å². The molecule has 0 bridgehead atoms. The lowest BCUT2D eigenvalue weighted by Gasteiger charge is -2.36. The van der Waals surface area contributed by atoms with Gasteiger partial charge in [0.1, 0.15) is 11.5 Å². The smallest absolute Gasteiger partial charge is 0.276 e. The van der Waals surface area contributed by atoms with Gasteiger partial charge in [0.05, 0.1) is 5.69 Å². The van der Waals surface area contributed by atoms with Crippen molar-refractivity contribution in [2.75, 3.05) is 39.3 Å². The molecule has 3 saturated heterocycles. The number of carbonyl (C=O) groups excluding carboxylic acids is 2. The Morgan fingerprint density at radius 1 is 0.854 bits per heavy atom. The molecular weight excluding hydrogens is 518 g/mol. The van der Waals surface area contributed by atoms with E-state index < -0.39 is 0 Å². The molecule has 3 aliphatic rings. The van der Waals surface area contributed by atoms with Crippen molar-refractivity contribution in [2.24, 2.45) is 5.92 Å². The van der Waals surface area contributed by atoms with Crippen LogP contribution in [0.25, 0.3) is 11.5 Å². The summed E-state index contributed by atoms with van der Waals surface area (Å²) in [5.74, 6) is 3.26. The van der Waals surface area contributed by atoms with Crippen LogP contribution in [0.15, 0.2) is 33.1 Å². The summed E-state index contributed by atoms with van der Waals surface area (Å²) in [7, 11) is 0. The molecule has 6 rings (SSSR count). The van der Waals surface area contributed by atoms with Crippen LogP contribution in [0.4, 0.5) is 0 Å². The Kier molecular flexibility index (Phi) is 7.97. The van der Waals surface area contributed by atoms with Crippen LogP contribution in [0.2, 0.25) is 0 Å². The van der Waals surface area contributed by atoms with Crippen molar-refractivity contribution in [1.29, 1.82) is 0 Å². The maximum Gasteiger partial charge on any atom is 0.276 e. The van der Waals surface area contributed by atoms with Gasteiger partial charge in [-0.3, -0.25) is 14.5 Å². The van der Waals surface area contributed by atoms with E-state index in [2.05, 4.69) is 28.9 Å². The SMILES string of the molecule is Cc1cccc(-c2nc(CN3CCC(C(=O)N4CCC(c5nc(C(=O)N6CCCC6)c(C)o5)CC4)CC3)c(C)o2)c1. The molecule has 2 amide bonds. The summed E-state index contributed by atoms with van der Waals surface area (Å²) in [5, 5.41) is 0. The van der Waals surface area contributed by atoms with Crippen molar-refractivity contribution in [3.05, 3.63) is 58.6 Å². The number of hydrogen-bond donors (Lipinski definition) is 0. The zero-order valence-corrected chi connectivity index (χ0v) is 24.5. The van der Waals surface area contributed by atoms with E-state index in [0.717, 1.165) is 88.3 Å². The molecule has 9 heteroatoms. The number of aryl methyl sites for hydroxylation is 3. The molecule has 3 fully saturated rings. The van der Waals surface area contributed by atoms with Crippen LogP contribution < -0.4 is 0 Å². The standard InChI is InChI=1S/C32H41N5O4/c1-21-7-6-8-26(19-21)30-33-27(22(2)40-30)20-35-15-9-25(10-16-35)31(38)37-17-11-24(12-18-37)29-34-28(23(3)41-29)32(39)36-13-4-5-14-36/h6-8,19,24-25H,4-5,9-18,20H2,1-3H3. The molecule has 1 aromatic carbocycles. The highest BCUT2D eigenvalue weighted by Crippen LogP contribution is 2.32. The van der Waals surface area contributed by atoms with Crippen molar-refractivity contribution in [3.8, 4) is 11.5 Å². The van der Waals surface area contributed by atoms with Crippen LogP contribution in [0.3, 0.4) is 0 Å². The minimum absolute atomic E-state index is 0.0145. The highest BCUT2D eigenvalue weighted by molar-refractivity contribution is 5.93. The van der Waals surface area contributed by atoms with Gasteiger partial charge in [0.2, 0.25) is 11.8 Å². The van der Waals surface area contributed by atoms with Gasteiger partial charge in [0, 0.05) is 50.1 Å². The third-order valence-electron chi connectivity index (χ3n) is 9.03. The Morgan fingerprint density at radius 2 is 1.59 bits per heavy atom. The first kappa shape index (κ1) is 27.7. The highest BCUT2D eigenvalue weighted by atomic mass is 16.4. The molecule has 0 spiro atoms. The lowest BCUT2D eigenvalue weighted by atomic mass is 9.92. The third kappa shape index (κ3) is 5.96. The number of nitrogens with zero attached hydrogens (tertiary/aromatic N) is 5. The summed E-state index contributed by atoms with van der Waals surface area (Å²) >= 11 is 0. The second-order valence-electron chi connectivity index (χ2n) is 12.0. The van der Waals surface area contributed by atoms with Gasteiger partial charge in [-0.1, -0.05) is 17.7 Å². The van der Waals surface area contributed by atoms with Gasteiger partial charge in [-0.05, 0) is 84.5 Å². The fraction of sp³-hybridized carbons (Fsp3) is 0.562. The number of rotatable bonds is 6. The summed E-state index contributed by atoms with van der Waals surface area (Å²) in [6, 6.07) is 8.22. The first-order chi connectivity index (χ1) is 19.9. The van der Waals surface area contributed by atoms with E-state index in [1.165, 1.54) is 5.56 Å². The fourth-order valence-corrected chi connectivity index (χ4v) is 6.49. The topological polar surface area (TPSA) is 95.9 Å². The van der Waals surface area contributed by atoms with E-state index >= 15 is 0 Å². The van der Waals surface area contributed by atoms with Gasteiger partial charge in [-0.2, -0.15) is 0 Å². The van der Waals surface area contributed by atoms with E-state index in [9.17, 15) is 9.59 Å². The Bertz CT molecular complexity index is 1390. The Balaban J connectivity index is 0.985. The summed E-state index contributed by atoms with van der Waals surface area (Å²) in [5.41, 5.74) is 3.61. The van der Waals surface area contributed by atoms with Crippen molar-refractivity contribution >= 4 is 11.8 Å². The van der Waals surface area contributed by atoms with Crippen molar-refractivity contribution in [2.45, 2.75) is 71.8 Å². The molecule has 0 aliphatic carbocycles. The van der Waals surface area contributed by atoms with Gasteiger partial charge in [-0.15, -0.1) is 0 Å². The normalized spacial score (nSPS) is 19.3. The van der Waals surface area contributed by atoms with Crippen molar-refractivity contribution in [1.82, 2.24) is 24.7 Å². The molecule has 5 heterocycles. The van der Waals surface area contributed by atoms with Crippen LogP contribution in [0, 0.1) is 26.7 Å². The third-order valence-corrected chi connectivity index (χ3v) is 9.03. The fourth-order valence-electron chi connectivity index (χ4n) is 6.49. The predicted molar refractivity (Wildman–Crippen MR) is 154 cm³/mol. The Labute approximate surface area is 241 Å². The summed E-state index contributed by atoms with van der Waals surface area (Å²) in [6.45, 7) is 11.4. The average Bonchev–Trinajstić information content (AvgIpc) is 3.74. The van der Waals surface area contributed by atoms with Gasteiger partial charge in [-0.25, -0.2) is 9.97 Å². The maximum absolute atomic E-state index is 13.4. The number of piperidine rings is 2. The first-order valence-corrected chi connectivity index (χ1v) is 15.2. The lowest BCUT2D eigenvalue weighted by molar-refractivity contribution is -0.138. The minimum atomic E-state index is -0.0145. The largest absolute Gasteiger partial charge is 0.445 e. The molecule has 41 heavy (non-hydrogen) atoms. The minimum Gasteiger partial charge on any atom is -0.445 e. The number of benzene rings is 1. The average molecular weight is 560 g/mol. The quantitative estimate of drug-likeness (QED) is 0.414. The van der Waals surface area contributed by atoms with Crippen LogP contribution in [-0.4, -0.2) is 75.8 Å². The molecule has 3 aromatic rings. The van der Waals surface area contributed by atoms with Crippen LogP contribution in [0.5, 0.6) is 0 Å². The Hall–Kier alpha value is -3.46. The summed E-state index contributed by atoms with van der Waals surface area (Å²) in [4.78, 5) is 41.9. The second kappa shape index (κ2) is 11.8. The molecule has 2 aromatic heterocycles. The first-order valence-electron chi connectivity index (χ1n) is 15.2. The number of oxazole rings is 2. The van der Waals surface area contributed by atoms with Gasteiger partial charge in [0.15, 0.2) is 11.6 Å². The Morgan fingerprint density at radius 3 is 2.29 bits per heavy atom. The summed E-state index contributed by atoms with van der Waals surface area (Å²) in [6.07, 6.45) is 5.46. The van der Waals surface area contributed by atoms with E-state index in [4.69, 9.17) is 13.8 Å². The van der Waals surface area contributed by atoms with Crippen molar-refractivity contribution in [3.63, 3.8) is 0 Å². The highest BCUT2D eigenvalue weighted by Gasteiger charge is 2.34. The van der Waals surface area contributed by atoms with E-state index in [0.29, 0.717) is 36.3 Å². The van der Waals surface area contributed by atoms with Gasteiger partial charge in [0.25, 0.3) is 5.91 Å². The van der Waals surface area contributed by atoms with E-state index in [1.807, 2.05) is 35.8 Å². The predicted octanol–water partition coefficient (Wildman–Crippen LogP) is 5.11. The number of aromatic nitrogens is 2. The number of carbonyl (C=O) groups is 2.